The summed E-state index contributed by atoms with van der Waals surface area (Å²) in [6, 6.07) is 7.80. The van der Waals surface area contributed by atoms with Crippen LogP contribution in [0.1, 0.15) is 34.5 Å². The molecule has 1 saturated carbocycles. The lowest BCUT2D eigenvalue weighted by atomic mass is 9.96. The van der Waals surface area contributed by atoms with Gasteiger partial charge >= 0.3 is 5.97 Å². The fraction of sp³-hybridized carbons (Fsp3) is 0.357. The second-order valence-corrected chi connectivity index (χ2v) is 5.63. The lowest BCUT2D eigenvalue weighted by Crippen LogP contribution is -2.21. The number of carboxylic acid groups (broad SMARTS) is 1. The van der Waals surface area contributed by atoms with E-state index in [0.29, 0.717) is 17.6 Å². The van der Waals surface area contributed by atoms with Crippen LogP contribution in [0.2, 0.25) is 0 Å². The second kappa shape index (κ2) is 4.71. The molecular formula is C14H14O3S. The third-order valence-corrected chi connectivity index (χ3v) is 4.61. The van der Waals surface area contributed by atoms with Crippen molar-refractivity contribution in [1.29, 1.82) is 0 Å². The quantitative estimate of drug-likeness (QED) is 0.914. The lowest BCUT2D eigenvalue weighted by molar-refractivity contribution is -0.00844. The van der Waals surface area contributed by atoms with Crippen molar-refractivity contribution < 1.29 is 14.6 Å². The molecule has 1 heterocycles. The second-order valence-electron chi connectivity index (χ2n) is 4.57. The first-order valence-corrected chi connectivity index (χ1v) is 6.92. The van der Waals surface area contributed by atoms with Crippen LogP contribution in [0, 0.1) is 0 Å². The molecule has 4 heteroatoms. The van der Waals surface area contributed by atoms with E-state index in [9.17, 15) is 9.90 Å². The number of hydrogen-bond acceptors (Lipinski definition) is 3. The van der Waals surface area contributed by atoms with Gasteiger partial charge in [0, 0.05) is 10.3 Å². The predicted molar refractivity (Wildman–Crippen MR) is 71.2 cm³/mol. The Balaban J connectivity index is 1.95. The number of thiophene rings is 1. The summed E-state index contributed by atoms with van der Waals surface area (Å²) in [7, 11) is 0. The van der Waals surface area contributed by atoms with E-state index < -0.39 is 5.97 Å². The standard InChI is InChI=1S/C14H14O3S/c15-14(16)13-11(8-17-9-4-3-5-9)10-6-1-2-7-12(10)18-13/h1-2,6-7,9H,3-5,8H2,(H,15,16). The number of hydrogen-bond donors (Lipinski definition) is 1. The number of benzene rings is 1. The van der Waals surface area contributed by atoms with Crippen molar-refractivity contribution in [2.24, 2.45) is 0 Å². The Morgan fingerprint density at radius 3 is 2.83 bits per heavy atom. The number of rotatable bonds is 4. The fourth-order valence-corrected chi connectivity index (χ4v) is 3.20. The van der Waals surface area contributed by atoms with Gasteiger partial charge in [0.25, 0.3) is 0 Å². The first kappa shape index (κ1) is 11.7. The van der Waals surface area contributed by atoms with Crippen molar-refractivity contribution in [2.45, 2.75) is 32.0 Å². The molecule has 0 bridgehead atoms. The summed E-state index contributed by atoms with van der Waals surface area (Å²) in [4.78, 5) is 11.7. The van der Waals surface area contributed by atoms with Crippen LogP contribution in [0.4, 0.5) is 0 Å². The highest BCUT2D eigenvalue weighted by Crippen LogP contribution is 2.33. The molecule has 1 N–H and O–H groups in total. The normalized spacial score (nSPS) is 15.8. The highest BCUT2D eigenvalue weighted by Gasteiger charge is 2.22. The SMILES string of the molecule is O=C(O)c1sc2ccccc2c1COC1CCC1. The van der Waals surface area contributed by atoms with Gasteiger partial charge in [-0.15, -0.1) is 11.3 Å². The molecule has 0 unspecified atom stereocenters. The minimum Gasteiger partial charge on any atom is -0.477 e. The molecule has 2 aromatic rings. The topological polar surface area (TPSA) is 46.5 Å². The van der Waals surface area contributed by atoms with Gasteiger partial charge in [0.2, 0.25) is 0 Å². The van der Waals surface area contributed by atoms with Gasteiger partial charge in [-0.25, -0.2) is 4.79 Å². The minimum absolute atomic E-state index is 0.324. The molecule has 3 nitrogen and oxygen atoms in total. The smallest absolute Gasteiger partial charge is 0.346 e. The van der Waals surface area contributed by atoms with Gasteiger partial charge in [0.05, 0.1) is 12.7 Å². The zero-order chi connectivity index (χ0) is 12.5. The third kappa shape index (κ3) is 2.02. The Labute approximate surface area is 109 Å². The predicted octanol–water partition coefficient (Wildman–Crippen LogP) is 3.67. The fourth-order valence-electron chi connectivity index (χ4n) is 2.15. The molecule has 0 spiro atoms. The maximum atomic E-state index is 11.3. The molecule has 0 amide bonds. The number of carbonyl (C=O) groups is 1. The first-order valence-electron chi connectivity index (χ1n) is 6.11. The molecule has 0 aliphatic heterocycles. The van der Waals surface area contributed by atoms with Crippen molar-refractivity contribution in [1.82, 2.24) is 0 Å². The summed E-state index contributed by atoms with van der Waals surface area (Å²) in [6.45, 7) is 0.413. The number of aromatic carboxylic acids is 1. The van der Waals surface area contributed by atoms with Gasteiger partial charge in [-0.3, -0.25) is 0 Å². The zero-order valence-corrected chi connectivity index (χ0v) is 10.7. The van der Waals surface area contributed by atoms with Crippen LogP contribution >= 0.6 is 11.3 Å². The van der Waals surface area contributed by atoms with Gasteiger partial charge < -0.3 is 9.84 Å². The molecule has 1 aromatic carbocycles. The molecule has 0 radical (unpaired) electrons. The molecular weight excluding hydrogens is 248 g/mol. The number of carboxylic acids is 1. The maximum Gasteiger partial charge on any atom is 0.346 e. The molecule has 18 heavy (non-hydrogen) atoms. The van der Waals surface area contributed by atoms with Crippen LogP contribution in [-0.2, 0) is 11.3 Å². The van der Waals surface area contributed by atoms with Crippen molar-refractivity contribution >= 4 is 27.4 Å². The monoisotopic (exact) mass is 262 g/mol. The molecule has 1 aromatic heterocycles. The van der Waals surface area contributed by atoms with E-state index in [1.54, 1.807) is 0 Å². The highest BCUT2D eigenvalue weighted by atomic mass is 32.1. The van der Waals surface area contributed by atoms with E-state index in [-0.39, 0.29) is 0 Å². The van der Waals surface area contributed by atoms with Crippen molar-refractivity contribution in [2.75, 3.05) is 0 Å². The minimum atomic E-state index is -0.858. The highest BCUT2D eigenvalue weighted by molar-refractivity contribution is 7.21. The van der Waals surface area contributed by atoms with E-state index in [0.717, 1.165) is 28.5 Å². The van der Waals surface area contributed by atoms with Crippen LogP contribution in [0.3, 0.4) is 0 Å². The van der Waals surface area contributed by atoms with E-state index in [2.05, 4.69) is 0 Å². The van der Waals surface area contributed by atoms with Crippen molar-refractivity contribution in [3.63, 3.8) is 0 Å². The van der Waals surface area contributed by atoms with Gasteiger partial charge in [0.1, 0.15) is 4.88 Å². The lowest BCUT2D eigenvalue weighted by Gasteiger charge is -2.25. The van der Waals surface area contributed by atoms with Crippen molar-refractivity contribution in [3.05, 3.63) is 34.7 Å². The summed E-state index contributed by atoms with van der Waals surface area (Å²) in [5.74, 6) is -0.858. The van der Waals surface area contributed by atoms with E-state index in [1.807, 2.05) is 24.3 Å². The van der Waals surface area contributed by atoms with Gasteiger partial charge in [0.15, 0.2) is 0 Å². The Morgan fingerprint density at radius 1 is 1.39 bits per heavy atom. The van der Waals surface area contributed by atoms with Crippen LogP contribution in [0.15, 0.2) is 24.3 Å². The number of ether oxygens (including phenoxy) is 1. The molecule has 0 saturated heterocycles. The Bertz CT molecular complexity index is 584. The van der Waals surface area contributed by atoms with Crippen LogP contribution in [0.5, 0.6) is 0 Å². The Morgan fingerprint density at radius 2 is 2.17 bits per heavy atom. The first-order chi connectivity index (χ1) is 8.75. The van der Waals surface area contributed by atoms with E-state index >= 15 is 0 Å². The molecule has 0 atom stereocenters. The average molecular weight is 262 g/mol. The molecule has 3 rings (SSSR count). The third-order valence-electron chi connectivity index (χ3n) is 3.41. The zero-order valence-electron chi connectivity index (χ0n) is 9.89. The van der Waals surface area contributed by atoms with Crippen LogP contribution in [0.25, 0.3) is 10.1 Å². The Hall–Kier alpha value is -1.39. The maximum absolute atomic E-state index is 11.3. The van der Waals surface area contributed by atoms with Crippen molar-refractivity contribution in [3.8, 4) is 0 Å². The van der Waals surface area contributed by atoms with Gasteiger partial charge in [-0.05, 0) is 30.7 Å². The summed E-state index contributed by atoms with van der Waals surface area (Å²) in [6.07, 6.45) is 3.75. The molecule has 1 fully saturated rings. The van der Waals surface area contributed by atoms with E-state index in [4.69, 9.17) is 4.74 Å². The van der Waals surface area contributed by atoms with E-state index in [1.165, 1.54) is 17.8 Å². The van der Waals surface area contributed by atoms with Gasteiger partial charge in [-0.2, -0.15) is 0 Å². The molecule has 94 valence electrons. The molecule has 1 aliphatic rings. The summed E-state index contributed by atoms with van der Waals surface area (Å²) < 4.78 is 6.78. The number of fused-ring (bicyclic) bond motifs is 1. The van der Waals surface area contributed by atoms with Gasteiger partial charge in [-0.1, -0.05) is 18.2 Å². The van der Waals surface area contributed by atoms with Crippen LogP contribution < -0.4 is 0 Å². The Kier molecular flexibility index (Phi) is 3.06. The van der Waals surface area contributed by atoms with Crippen LogP contribution in [-0.4, -0.2) is 17.2 Å². The largest absolute Gasteiger partial charge is 0.477 e. The summed E-state index contributed by atoms with van der Waals surface area (Å²) >= 11 is 1.33. The molecule has 1 aliphatic carbocycles. The average Bonchev–Trinajstić information content (AvgIpc) is 2.66. The summed E-state index contributed by atoms with van der Waals surface area (Å²) in [5, 5.41) is 10.3. The summed E-state index contributed by atoms with van der Waals surface area (Å²) in [5.41, 5.74) is 0.829.